The second kappa shape index (κ2) is 6.81. The molecule has 2 rings (SSSR count). The first-order valence-electron chi connectivity index (χ1n) is 6.17. The van der Waals surface area contributed by atoms with Crippen molar-refractivity contribution in [3.05, 3.63) is 56.7 Å². The molecule has 5 heteroatoms. The van der Waals surface area contributed by atoms with Crippen molar-refractivity contribution in [3.63, 3.8) is 0 Å². The lowest BCUT2D eigenvalue weighted by atomic mass is 10.0. The Hall–Kier alpha value is -1.46. The summed E-state index contributed by atoms with van der Waals surface area (Å²) in [6.07, 6.45) is 0.495. The Bertz CT molecular complexity index is 609. The maximum atomic E-state index is 12.5. The van der Waals surface area contributed by atoms with Crippen LogP contribution in [0.15, 0.2) is 46.3 Å². The quantitative estimate of drug-likeness (QED) is 0.838. The van der Waals surface area contributed by atoms with Gasteiger partial charge in [0.05, 0.1) is 14.7 Å². The van der Waals surface area contributed by atoms with Crippen molar-refractivity contribution in [1.29, 1.82) is 0 Å². The summed E-state index contributed by atoms with van der Waals surface area (Å²) in [4.78, 5) is 24.4. The highest BCUT2D eigenvalue weighted by Gasteiger charge is 2.22. The van der Waals surface area contributed by atoms with Crippen LogP contribution in [0.2, 0.25) is 0 Å². The van der Waals surface area contributed by atoms with Crippen LogP contribution in [0.4, 0.5) is 0 Å². The molecule has 20 heavy (non-hydrogen) atoms. The van der Waals surface area contributed by atoms with E-state index in [9.17, 15) is 9.59 Å². The van der Waals surface area contributed by atoms with Gasteiger partial charge in [0.25, 0.3) is 0 Å². The summed E-state index contributed by atoms with van der Waals surface area (Å²) in [5.41, 5.74) is 1.02. The van der Waals surface area contributed by atoms with E-state index in [0.717, 1.165) is 9.35 Å². The number of nitrogens with one attached hydrogen (secondary N) is 1. The van der Waals surface area contributed by atoms with Crippen molar-refractivity contribution in [1.82, 2.24) is 5.32 Å². The molecule has 1 aromatic heterocycles. The zero-order chi connectivity index (χ0) is 14.5. The van der Waals surface area contributed by atoms with Crippen LogP contribution in [-0.2, 0) is 11.2 Å². The Kier molecular flexibility index (Phi) is 5.09. The molecule has 1 aromatic carbocycles. The summed E-state index contributed by atoms with van der Waals surface area (Å²) in [5.74, 6) is -0.255. The van der Waals surface area contributed by atoms with Crippen molar-refractivity contribution >= 4 is 39.0 Å². The Morgan fingerprint density at radius 3 is 2.45 bits per heavy atom. The second-order valence-corrected chi connectivity index (χ2v) is 6.87. The van der Waals surface area contributed by atoms with Crippen molar-refractivity contribution in [2.24, 2.45) is 0 Å². The summed E-state index contributed by atoms with van der Waals surface area (Å²) in [6, 6.07) is 12.8. The lowest BCUT2D eigenvalue weighted by Crippen LogP contribution is -2.41. The van der Waals surface area contributed by atoms with E-state index in [1.54, 1.807) is 6.07 Å². The number of ketones is 1. The topological polar surface area (TPSA) is 46.2 Å². The SMILES string of the molecule is CC(=O)NC(Cc1ccccc1)C(=O)c1ccc(Br)s1. The molecule has 0 saturated carbocycles. The molecule has 0 bridgehead atoms. The number of halogens is 1. The summed E-state index contributed by atoms with van der Waals surface area (Å²) in [6.45, 7) is 1.43. The fourth-order valence-electron chi connectivity index (χ4n) is 1.92. The molecule has 1 heterocycles. The molecule has 0 aliphatic heterocycles. The first kappa shape index (κ1) is 14.9. The molecule has 0 spiro atoms. The van der Waals surface area contributed by atoms with Gasteiger partial charge in [0.2, 0.25) is 5.91 Å². The van der Waals surface area contributed by atoms with Gasteiger partial charge < -0.3 is 5.32 Å². The number of Topliss-reactive ketones (excluding diaryl/α,β-unsaturated/α-hetero) is 1. The number of hydrogen-bond acceptors (Lipinski definition) is 3. The highest BCUT2D eigenvalue weighted by Crippen LogP contribution is 2.23. The van der Waals surface area contributed by atoms with Crippen molar-refractivity contribution in [3.8, 4) is 0 Å². The number of benzene rings is 1. The third-order valence-corrected chi connectivity index (χ3v) is 4.43. The van der Waals surface area contributed by atoms with Crippen LogP contribution in [0.3, 0.4) is 0 Å². The van der Waals surface area contributed by atoms with Gasteiger partial charge in [0, 0.05) is 13.3 Å². The van der Waals surface area contributed by atoms with E-state index in [2.05, 4.69) is 21.2 Å². The van der Waals surface area contributed by atoms with E-state index in [1.165, 1.54) is 18.3 Å². The van der Waals surface area contributed by atoms with Gasteiger partial charge in [-0.25, -0.2) is 0 Å². The van der Waals surface area contributed by atoms with E-state index in [1.807, 2.05) is 36.4 Å². The number of hydrogen-bond donors (Lipinski definition) is 1. The van der Waals surface area contributed by atoms with E-state index >= 15 is 0 Å². The standard InChI is InChI=1S/C15H14BrNO2S/c1-10(18)17-12(9-11-5-3-2-4-6-11)15(19)13-7-8-14(16)20-13/h2-8,12H,9H2,1H3,(H,17,18). The first-order chi connectivity index (χ1) is 9.56. The van der Waals surface area contributed by atoms with Gasteiger partial charge in [-0.2, -0.15) is 0 Å². The second-order valence-electron chi connectivity index (χ2n) is 4.41. The molecule has 104 valence electrons. The largest absolute Gasteiger partial charge is 0.346 e. The van der Waals surface area contributed by atoms with Gasteiger partial charge in [-0.1, -0.05) is 30.3 Å². The van der Waals surface area contributed by atoms with Crippen LogP contribution >= 0.6 is 27.3 Å². The van der Waals surface area contributed by atoms with Crippen LogP contribution in [-0.4, -0.2) is 17.7 Å². The molecule has 1 atom stereocenters. The van der Waals surface area contributed by atoms with E-state index in [0.29, 0.717) is 11.3 Å². The maximum absolute atomic E-state index is 12.5. The summed E-state index contributed by atoms with van der Waals surface area (Å²) >= 11 is 4.72. The Balaban J connectivity index is 2.19. The predicted octanol–water partition coefficient (Wildman–Crippen LogP) is 3.44. The number of carbonyl (C=O) groups excluding carboxylic acids is 2. The highest BCUT2D eigenvalue weighted by molar-refractivity contribution is 9.11. The van der Waals surface area contributed by atoms with Crippen molar-refractivity contribution < 1.29 is 9.59 Å². The van der Waals surface area contributed by atoms with Gasteiger partial charge in [0.1, 0.15) is 0 Å². The Labute approximate surface area is 130 Å². The lowest BCUT2D eigenvalue weighted by Gasteiger charge is -2.16. The number of rotatable bonds is 5. The molecule has 1 amide bonds. The third kappa shape index (κ3) is 4.02. The predicted molar refractivity (Wildman–Crippen MR) is 84.1 cm³/mol. The van der Waals surface area contributed by atoms with Crippen LogP contribution < -0.4 is 5.32 Å². The van der Waals surface area contributed by atoms with E-state index in [4.69, 9.17) is 0 Å². The summed E-state index contributed by atoms with van der Waals surface area (Å²) in [5, 5.41) is 2.74. The van der Waals surface area contributed by atoms with E-state index in [-0.39, 0.29) is 11.7 Å². The van der Waals surface area contributed by atoms with Gasteiger partial charge in [0.15, 0.2) is 5.78 Å². The average molecular weight is 352 g/mol. The fourth-order valence-corrected chi connectivity index (χ4v) is 3.30. The van der Waals surface area contributed by atoms with Crippen molar-refractivity contribution in [2.75, 3.05) is 0 Å². The van der Waals surface area contributed by atoms with Gasteiger partial charge in [-0.05, 0) is 33.6 Å². The summed E-state index contributed by atoms with van der Waals surface area (Å²) < 4.78 is 0.905. The minimum atomic E-state index is -0.527. The first-order valence-corrected chi connectivity index (χ1v) is 7.78. The van der Waals surface area contributed by atoms with Crippen LogP contribution in [0.25, 0.3) is 0 Å². The third-order valence-electron chi connectivity index (χ3n) is 2.79. The smallest absolute Gasteiger partial charge is 0.217 e. The molecule has 3 nitrogen and oxygen atoms in total. The molecule has 0 aliphatic carbocycles. The maximum Gasteiger partial charge on any atom is 0.217 e. The molecular weight excluding hydrogens is 338 g/mol. The minimum absolute atomic E-state index is 0.0558. The van der Waals surface area contributed by atoms with Gasteiger partial charge in [-0.3, -0.25) is 9.59 Å². The normalized spacial score (nSPS) is 11.9. The zero-order valence-electron chi connectivity index (χ0n) is 10.9. The number of amides is 1. The molecule has 0 radical (unpaired) electrons. The van der Waals surface area contributed by atoms with E-state index < -0.39 is 6.04 Å². The molecule has 1 unspecified atom stereocenters. The molecule has 2 aromatic rings. The Morgan fingerprint density at radius 2 is 1.90 bits per heavy atom. The zero-order valence-corrected chi connectivity index (χ0v) is 13.3. The molecule has 0 saturated heterocycles. The highest BCUT2D eigenvalue weighted by atomic mass is 79.9. The van der Waals surface area contributed by atoms with Crippen molar-refractivity contribution in [2.45, 2.75) is 19.4 Å². The van der Waals surface area contributed by atoms with Crippen LogP contribution in [0.5, 0.6) is 0 Å². The molecule has 0 fully saturated rings. The molecule has 0 aliphatic rings. The van der Waals surface area contributed by atoms with Crippen LogP contribution in [0, 0.1) is 0 Å². The molecular formula is C15H14BrNO2S. The lowest BCUT2D eigenvalue weighted by molar-refractivity contribution is -0.119. The van der Waals surface area contributed by atoms with Crippen LogP contribution in [0.1, 0.15) is 22.2 Å². The van der Waals surface area contributed by atoms with Gasteiger partial charge >= 0.3 is 0 Å². The number of thiophene rings is 1. The minimum Gasteiger partial charge on any atom is -0.346 e. The monoisotopic (exact) mass is 351 g/mol. The summed E-state index contributed by atoms with van der Waals surface area (Å²) in [7, 11) is 0. The Morgan fingerprint density at radius 1 is 1.20 bits per heavy atom. The fraction of sp³-hybridized carbons (Fsp3) is 0.200. The van der Waals surface area contributed by atoms with Gasteiger partial charge in [-0.15, -0.1) is 11.3 Å². The average Bonchev–Trinajstić information content (AvgIpc) is 2.84. The number of carbonyl (C=O) groups is 2. The molecule has 1 N–H and O–H groups in total.